The Labute approximate surface area is 208 Å². The second-order valence-corrected chi connectivity index (χ2v) is 7.95. The number of phenols is 1. The Morgan fingerprint density at radius 2 is 1.62 bits per heavy atom. The van der Waals surface area contributed by atoms with Gasteiger partial charge in [-0.2, -0.15) is 0 Å². The monoisotopic (exact) mass is 513 g/mol. The molecule has 9 nitrogen and oxygen atoms in total. The van der Waals surface area contributed by atoms with Crippen molar-refractivity contribution in [2.45, 2.75) is 0 Å². The molecule has 1 aliphatic carbocycles. The van der Waals surface area contributed by atoms with Gasteiger partial charge in [0.25, 0.3) is 0 Å². The zero-order chi connectivity index (χ0) is 26.9. The number of halogens is 2. The average Bonchev–Trinajstić information content (AvgIpc) is 2.88. The molecule has 37 heavy (non-hydrogen) atoms. The van der Waals surface area contributed by atoms with E-state index in [4.69, 9.17) is 18.6 Å². The van der Waals surface area contributed by atoms with Crippen LogP contribution in [0.4, 0.5) is 14.5 Å². The van der Waals surface area contributed by atoms with Crippen molar-refractivity contribution in [3.8, 4) is 33.9 Å². The van der Waals surface area contributed by atoms with Gasteiger partial charge in [0.15, 0.2) is 17.4 Å². The third kappa shape index (κ3) is 4.88. The lowest BCUT2D eigenvalue weighted by atomic mass is 9.93. The van der Waals surface area contributed by atoms with Gasteiger partial charge < -0.3 is 28.6 Å². The summed E-state index contributed by atoms with van der Waals surface area (Å²) in [4.78, 5) is 37.3. The summed E-state index contributed by atoms with van der Waals surface area (Å²) in [5.41, 5.74) is 0.367. The fourth-order valence-electron chi connectivity index (χ4n) is 3.97. The first kappa shape index (κ1) is 25.4. The van der Waals surface area contributed by atoms with Crippen LogP contribution in [0.15, 0.2) is 51.7 Å². The number of benzene rings is 3. The van der Waals surface area contributed by atoms with Gasteiger partial charge in [-0.15, -0.1) is 0 Å². The molecule has 1 aliphatic heterocycles. The third-order valence-corrected chi connectivity index (χ3v) is 5.75. The summed E-state index contributed by atoms with van der Waals surface area (Å²) in [7, 11) is 3.78. The normalized spacial score (nSPS) is 10.9. The van der Waals surface area contributed by atoms with E-state index in [1.54, 1.807) is 18.2 Å². The first-order valence-corrected chi connectivity index (χ1v) is 10.8. The molecular formula is C26H21F2NO8. The molecular weight excluding hydrogens is 492 g/mol. The summed E-state index contributed by atoms with van der Waals surface area (Å²) in [6.45, 7) is -0.585. The number of hydrogen-bond donors (Lipinski definition) is 1. The minimum Gasteiger partial charge on any atom is -0.505 e. The Bertz CT molecular complexity index is 1530. The third-order valence-electron chi connectivity index (χ3n) is 5.75. The maximum absolute atomic E-state index is 14.4. The lowest BCUT2D eigenvalue weighted by Gasteiger charge is -2.25. The maximum Gasteiger partial charge on any atom is 0.325 e. The standard InChI is InChI=1S/C26H21F2NO8/c1-34-23-6-13(4-5-18(23)29(11-24(32)35-2)12-25(33)36-3)26-14-7-16(27)19(30)9-21(14)37-22-10-20(31)17(28)8-15(22)26/h4-10,30H,11-12H2,1-3H3. The van der Waals surface area contributed by atoms with E-state index in [2.05, 4.69) is 0 Å². The summed E-state index contributed by atoms with van der Waals surface area (Å²) in [5, 5.41) is 10.0. The number of carbonyl (C=O) groups is 2. The molecule has 0 radical (unpaired) electrons. The largest absolute Gasteiger partial charge is 0.505 e. The van der Waals surface area contributed by atoms with Gasteiger partial charge >= 0.3 is 11.9 Å². The summed E-state index contributed by atoms with van der Waals surface area (Å²) < 4.78 is 49.3. The number of hydrogen-bond acceptors (Lipinski definition) is 9. The number of nitrogens with zero attached hydrogens (tertiary/aromatic N) is 1. The zero-order valence-electron chi connectivity index (χ0n) is 20.0. The molecule has 0 aromatic heterocycles. The predicted octanol–water partition coefficient (Wildman–Crippen LogP) is 3.71. The summed E-state index contributed by atoms with van der Waals surface area (Å²) >= 11 is 0. The smallest absolute Gasteiger partial charge is 0.325 e. The number of fused-ring (bicyclic) bond motifs is 2. The fourth-order valence-corrected chi connectivity index (χ4v) is 3.97. The molecule has 0 unspecified atom stereocenters. The van der Waals surface area contributed by atoms with Crippen LogP contribution in [-0.4, -0.2) is 51.5 Å². The number of carbonyl (C=O) groups excluding carboxylic acids is 2. The van der Waals surface area contributed by atoms with Crippen molar-refractivity contribution in [1.29, 1.82) is 0 Å². The molecule has 0 bridgehead atoms. The summed E-state index contributed by atoms with van der Waals surface area (Å²) in [6.07, 6.45) is 0. The first-order chi connectivity index (χ1) is 17.7. The van der Waals surface area contributed by atoms with Crippen molar-refractivity contribution in [3.05, 3.63) is 64.3 Å². The molecule has 11 heteroatoms. The molecule has 1 heterocycles. The van der Waals surface area contributed by atoms with E-state index in [0.29, 0.717) is 16.8 Å². The maximum atomic E-state index is 14.4. The summed E-state index contributed by atoms with van der Waals surface area (Å²) in [6, 6.07) is 8.72. The number of ether oxygens (including phenoxy) is 3. The molecule has 2 aromatic rings. The minimum absolute atomic E-state index is 0.0148. The van der Waals surface area contributed by atoms with E-state index in [1.165, 1.54) is 26.2 Å². The number of phenolic OH excluding ortho intramolecular Hbond substituents is 1. The Morgan fingerprint density at radius 1 is 0.946 bits per heavy atom. The molecule has 0 spiro atoms. The van der Waals surface area contributed by atoms with E-state index >= 15 is 0 Å². The highest BCUT2D eigenvalue weighted by molar-refractivity contribution is 6.02. The van der Waals surface area contributed by atoms with E-state index < -0.39 is 34.8 Å². The van der Waals surface area contributed by atoms with Crippen LogP contribution in [0.25, 0.3) is 33.4 Å². The van der Waals surface area contributed by atoms with E-state index in [-0.39, 0.29) is 41.1 Å². The van der Waals surface area contributed by atoms with Crippen LogP contribution < -0.4 is 15.1 Å². The highest BCUT2D eigenvalue weighted by Crippen LogP contribution is 2.43. The highest BCUT2D eigenvalue weighted by atomic mass is 19.1. The zero-order valence-corrected chi connectivity index (χ0v) is 20.0. The van der Waals surface area contributed by atoms with Gasteiger partial charge in [-0.3, -0.25) is 14.4 Å². The molecule has 0 saturated carbocycles. The number of aromatic hydroxyl groups is 1. The topological polar surface area (TPSA) is 116 Å². The highest BCUT2D eigenvalue weighted by Gasteiger charge is 2.24. The fraction of sp³-hybridized carbons (Fsp3) is 0.192. The van der Waals surface area contributed by atoms with Crippen LogP contribution in [0.1, 0.15) is 0 Å². The van der Waals surface area contributed by atoms with Crippen molar-refractivity contribution in [1.82, 2.24) is 0 Å². The quantitative estimate of drug-likeness (QED) is 0.292. The molecule has 0 atom stereocenters. The van der Waals surface area contributed by atoms with Crippen molar-refractivity contribution in [2.24, 2.45) is 0 Å². The number of rotatable bonds is 7. The molecule has 2 aliphatic rings. The van der Waals surface area contributed by atoms with Gasteiger partial charge in [0.2, 0.25) is 5.43 Å². The van der Waals surface area contributed by atoms with Crippen LogP contribution >= 0.6 is 0 Å². The van der Waals surface area contributed by atoms with Gasteiger partial charge in [-0.1, -0.05) is 6.07 Å². The minimum atomic E-state index is -1.03. The molecule has 4 rings (SSSR count). The molecule has 0 fully saturated rings. The first-order valence-electron chi connectivity index (χ1n) is 10.8. The SMILES string of the molecule is COC(=O)CN(CC(=O)OC)c1ccc(-c2c3cc(F)c(=O)cc-3oc3cc(O)c(F)cc23)cc1OC. The number of anilines is 1. The van der Waals surface area contributed by atoms with Crippen LogP contribution in [-0.2, 0) is 19.1 Å². The van der Waals surface area contributed by atoms with Crippen LogP contribution in [0.2, 0.25) is 0 Å². The molecule has 0 saturated heterocycles. The van der Waals surface area contributed by atoms with Crippen molar-refractivity contribution >= 4 is 28.6 Å². The number of methoxy groups -OCH3 is 3. The van der Waals surface area contributed by atoms with Gasteiger partial charge in [0.05, 0.1) is 27.0 Å². The van der Waals surface area contributed by atoms with E-state index in [0.717, 1.165) is 24.3 Å². The van der Waals surface area contributed by atoms with Gasteiger partial charge in [-0.05, 0) is 29.8 Å². The lowest BCUT2D eigenvalue weighted by Crippen LogP contribution is -2.35. The van der Waals surface area contributed by atoms with Crippen molar-refractivity contribution < 1.29 is 42.1 Å². The van der Waals surface area contributed by atoms with Crippen molar-refractivity contribution in [3.63, 3.8) is 0 Å². The van der Waals surface area contributed by atoms with E-state index in [1.807, 2.05) is 0 Å². The molecule has 192 valence electrons. The Morgan fingerprint density at radius 3 is 2.24 bits per heavy atom. The summed E-state index contributed by atoms with van der Waals surface area (Å²) in [5.74, 6) is -3.64. The van der Waals surface area contributed by atoms with Crippen LogP contribution in [0, 0.1) is 11.6 Å². The second kappa shape index (κ2) is 10.1. The van der Waals surface area contributed by atoms with Crippen LogP contribution in [0.5, 0.6) is 11.5 Å². The molecule has 2 aromatic carbocycles. The lowest BCUT2D eigenvalue weighted by molar-refractivity contribution is -0.140. The van der Waals surface area contributed by atoms with Gasteiger partial charge in [-0.25, -0.2) is 8.78 Å². The number of esters is 2. The van der Waals surface area contributed by atoms with Crippen molar-refractivity contribution in [2.75, 3.05) is 39.3 Å². The van der Waals surface area contributed by atoms with Crippen LogP contribution in [0.3, 0.4) is 0 Å². The Balaban J connectivity index is 1.97. The molecule has 1 N–H and O–H groups in total. The Kier molecular flexibility index (Phi) is 6.96. The van der Waals surface area contributed by atoms with E-state index in [9.17, 15) is 28.3 Å². The van der Waals surface area contributed by atoms with Gasteiger partial charge in [0, 0.05) is 28.6 Å². The Hall–Kier alpha value is -4.67. The average molecular weight is 513 g/mol. The second-order valence-electron chi connectivity index (χ2n) is 7.95. The van der Waals surface area contributed by atoms with Gasteiger partial charge in [0.1, 0.15) is 30.2 Å². The predicted molar refractivity (Wildman–Crippen MR) is 129 cm³/mol. The molecule has 0 amide bonds.